The lowest BCUT2D eigenvalue weighted by atomic mass is 9.89. The van der Waals surface area contributed by atoms with E-state index >= 15 is 0 Å². The molecule has 2 heteroatoms. The average Bonchev–Trinajstić information content (AvgIpc) is 3.23. The van der Waals surface area contributed by atoms with Gasteiger partial charge in [0.15, 0.2) is 6.73 Å². The summed E-state index contributed by atoms with van der Waals surface area (Å²) >= 11 is 0. The highest BCUT2D eigenvalue weighted by Gasteiger charge is 2.45. The first-order valence-electron chi connectivity index (χ1n) is 10.2. The Bertz CT molecular complexity index is 770. The smallest absolute Gasteiger partial charge is 0.161 e. The zero-order chi connectivity index (χ0) is 17.7. The zero-order valence-electron chi connectivity index (χ0n) is 15.9. The Hall–Kier alpha value is -1.96. The highest BCUT2D eigenvalue weighted by molar-refractivity contribution is 5.50. The number of hydrogen-bond acceptors (Lipinski definition) is 2. The predicted molar refractivity (Wildman–Crippen MR) is 106 cm³/mol. The van der Waals surface area contributed by atoms with E-state index in [2.05, 4.69) is 67.3 Å². The van der Waals surface area contributed by atoms with Gasteiger partial charge in [0.1, 0.15) is 5.75 Å². The second-order valence-corrected chi connectivity index (χ2v) is 8.86. The van der Waals surface area contributed by atoms with Gasteiger partial charge in [-0.25, -0.2) is 0 Å². The van der Waals surface area contributed by atoms with Crippen molar-refractivity contribution >= 4 is 5.69 Å². The normalized spacial score (nSPS) is 32.8. The van der Waals surface area contributed by atoms with Crippen molar-refractivity contribution in [2.45, 2.75) is 45.6 Å². The standard InChI is InChI=1S/C24H29NO/c1-16-10-17(2)23-13-19(12-22(16)23)18-8-9-24-20(11-18)14-25(15-26-24)21-6-4-3-5-7-21/h3-9,11,16-17,19,22-23H,10,12-15H2,1-2H3. The van der Waals surface area contributed by atoms with Crippen LogP contribution in [-0.2, 0) is 6.54 Å². The molecular formula is C24H29NO. The molecule has 2 aromatic carbocycles. The van der Waals surface area contributed by atoms with Crippen molar-refractivity contribution in [3.05, 3.63) is 59.7 Å². The van der Waals surface area contributed by atoms with Gasteiger partial charge in [0, 0.05) is 17.8 Å². The first-order chi connectivity index (χ1) is 12.7. The molecule has 136 valence electrons. The van der Waals surface area contributed by atoms with Crippen LogP contribution in [0.2, 0.25) is 0 Å². The Morgan fingerprint density at radius 1 is 0.885 bits per heavy atom. The minimum atomic E-state index is 0.638. The molecule has 0 saturated heterocycles. The quantitative estimate of drug-likeness (QED) is 0.678. The van der Waals surface area contributed by atoms with E-state index in [9.17, 15) is 0 Å². The van der Waals surface area contributed by atoms with Crippen LogP contribution < -0.4 is 9.64 Å². The van der Waals surface area contributed by atoms with E-state index in [0.717, 1.165) is 41.9 Å². The van der Waals surface area contributed by atoms with Crippen LogP contribution in [0.5, 0.6) is 5.75 Å². The summed E-state index contributed by atoms with van der Waals surface area (Å²) in [6, 6.07) is 17.6. The second-order valence-electron chi connectivity index (χ2n) is 8.86. The SMILES string of the molecule is CC1CC(C)C2CC(c3ccc4c(c3)CN(c3ccccc3)CO4)CC12. The van der Waals surface area contributed by atoms with E-state index in [0.29, 0.717) is 6.73 Å². The van der Waals surface area contributed by atoms with Crippen molar-refractivity contribution in [3.8, 4) is 5.75 Å². The molecule has 2 aliphatic carbocycles. The molecule has 26 heavy (non-hydrogen) atoms. The molecule has 1 heterocycles. The summed E-state index contributed by atoms with van der Waals surface area (Å²) in [6.07, 6.45) is 4.21. The van der Waals surface area contributed by atoms with Gasteiger partial charge in [0.2, 0.25) is 0 Å². The van der Waals surface area contributed by atoms with Crippen molar-refractivity contribution in [2.75, 3.05) is 11.6 Å². The lowest BCUT2D eigenvalue weighted by molar-refractivity contribution is 0.289. The fraction of sp³-hybridized carbons (Fsp3) is 0.500. The van der Waals surface area contributed by atoms with Gasteiger partial charge in [0.05, 0.1) is 0 Å². The zero-order valence-corrected chi connectivity index (χ0v) is 15.9. The van der Waals surface area contributed by atoms with Crippen LogP contribution in [0.15, 0.2) is 48.5 Å². The summed E-state index contributed by atoms with van der Waals surface area (Å²) in [7, 11) is 0. The Kier molecular flexibility index (Phi) is 3.95. The maximum atomic E-state index is 6.04. The highest BCUT2D eigenvalue weighted by Crippen LogP contribution is 2.55. The van der Waals surface area contributed by atoms with Gasteiger partial charge in [-0.3, -0.25) is 0 Å². The Morgan fingerprint density at radius 2 is 1.62 bits per heavy atom. The minimum absolute atomic E-state index is 0.638. The number of rotatable bonds is 2. The van der Waals surface area contributed by atoms with E-state index in [1.165, 1.54) is 36.1 Å². The Balaban J connectivity index is 1.37. The maximum absolute atomic E-state index is 6.04. The summed E-state index contributed by atoms with van der Waals surface area (Å²) in [6.45, 7) is 6.53. The number of nitrogens with zero attached hydrogens (tertiary/aromatic N) is 1. The first-order valence-corrected chi connectivity index (χ1v) is 10.2. The average molecular weight is 348 g/mol. The molecule has 0 amide bonds. The molecular weight excluding hydrogens is 318 g/mol. The molecule has 5 rings (SSSR count). The molecule has 4 unspecified atom stereocenters. The summed E-state index contributed by atoms with van der Waals surface area (Å²) in [5.74, 6) is 5.53. The number of benzene rings is 2. The molecule has 2 saturated carbocycles. The number of ether oxygens (including phenoxy) is 1. The first kappa shape index (κ1) is 16.2. The number of fused-ring (bicyclic) bond motifs is 2. The van der Waals surface area contributed by atoms with E-state index in [-0.39, 0.29) is 0 Å². The molecule has 4 atom stereocenters. The largest absolute Gasteiger partial charge is 0.473 e. The molecule has 0 aromatic heterocycles. The number of anilines is 1. The number of para-hydroxylation sites is 1. The topological polar surface area (TPSA) is 12.5 Å². The van der Waals surface area contributed by atoms with Gasteiger partial charge in [-0.2, -0.15) is 0 Å². The summed E-state index contributed by atoms with van der Waals surface area (Å²) in [4.78, 5) is 2.32. The molecule has 0 bridgehead atoms. The van der Waals surface area contributed by atoms with Crippen LogP contribution in [0.3, 0.4) is 0 Å². The van der Waals surface area contributed by atoms with Crippen molar-refractivity contribution in [3.63, 3.8) is 0 Å². The molecule has 0 radical (unpaired) electrons. The van der Waals surface area contributed by atoms with Gasteiger partial charge < -0.3 is 9.64 Å². The molecule has 2 aromatic rings. The van der Waals surface area contributed by atoms with E-state index in [1.54, 1.807) is 0 Å². The monoisotopic (exact) mass is 347 g/mol. The van der Waals surface area contributed by atoms with Gasteiger partial charge in [-0.15, -0.1) is 0 Å². The molecule has 2 nitrogen and oxygen atoms in total. The fourth-order valence-corrected chi connectivity index (χ4v) is 5.94. The lowest BCUT2D eigenvalue weighted by Gasteiger charge is -2.31. The third kappa shape index (κ3) is 2.71. The van der Waals surface area contributed by atoms with Crippen LogP contribution in [0.1, 0.15) is 50.2 Å². The van der Waals surface area contributed by atoms with Crippen LogP contribution >= 0.6 is 0 Å². The third-order valence-electron chi connectivity index (χ3n) is 7.28. The minimum Gasteiger partial charge on any atom is -0.473 e. The van der Waals surface area contributed by atoms with Crippen LogP contribution in [-0.4, -0.2) is 6.73 Å². The summed E-state index contributed by atoms with van der Waals surface area (Å²) in [5, 5.41) is 0. The molecule has 0 N–H and O–H groups in total. The van der Waals surface area contributed by atoms with E-state index < -0.39 is 0 Å². The molecule has 2 fully saturated rings. The Labute approximate surface area is 157 Å². The van der Waals surface area contributed by atoms with Gasteiger partial charge in [0.25, 0.3) is 0 Å². The lowest BCUT2D eigenvalue weighted by Crippen LogP contribution is -2.31. The highest BCUT2D eigenvalue weighted by atomic mass is 16.5. The predicted octanol–water partition coefficient (Wildman–Crippen LogP) is 5.83. The molecule has 1 aliphatic heterocycles. The molecule has 0 spiro atoms. The second kappa shape index (κ2) is 6.33. The van der Waals surface area contributed by atoms with Crippen LogP contribution in [0.4, 0.5) is 5.69 Å². The van der Waals surface area contributed by atoms with Gasteiger partial charge >= 0.3 is 0 Å². The third-order valence-corrected chi connectivity index (χ3v) is 7.28. The maximum Gasteiger partial charge on any atom is 0.161 e. The summed E-state index contributed by atoms with van der Waals surface area (Å²) < 4.78 is 6.04. The van der Waals surface area contributed by atoms with Crippen molar-refractivity contribution < 1.29 is 4.74 Å². The van der Waals surface area contributed by atoms with Crippen LogP contribution in [0.25, 0.3) is 0 Å². The van der Waals surface area contributed by atoms with Crippen molar-refractivity contribution in [1.82, 2.24) is 0 Å². The van der Waals surface area contributed by atoms with Crippen molar-refractivity contribution in [1.29, 1.82) is 0 Å². The van der Waals surface area contributed by atoms with E-state index in [1.807, 2.05) is 0 Å². The Morgan fingerprint density at radius 3 is 2.35 bits per heavy atom. The molecule has 3 aliphatic rings. The van der Waals surface area contributed by atoms with Crippen molar-refractivity contribution in [2.24, 2.45) is 23.7 Å². The van der Waals surface area contributed by atoms with Gasteiger partial charge in [-0.05, 0) is 72.6 Å². The van der Waals surface area contributed by atoms with E-state index in [4.69, 9.17) is 4.74 Å². The van der Waals surface area contributed by atoms with Crippen LogP contribution in [0, 0.1) is 23.7 Å². The van der Waals surface area contributed by atoms with Gasteiger partial charge in [-0.1, -0.05) is 44.2 Å². The number of hydrogen-bond donors (Lipinski definition) is 0. The summed E-state index contributed by atoms with van der Waals surface area (Å²) in [5.41, 5.74) is 4.12. The fourth-order valence-electron chi connectivity index (χ4n) is 5.94.